The summed E-state index contributed by atoms with van der Waals surface area (Å²) in [7, 11) is 1.70. The molecule has 0 unspecified atom stereocenters. The average molecular weight is 213 g/mol. The van der Waals surface area contributed by atoms with E-state index in [1.54, 1.807) is 7.11 Å². The number of rotatable bonds is 3. The Balaban J connectivity index is 2.26. The molecule has 0 amide bonds. The van der Waals surface area contributed by atoms with E-state index in [0.29, 0.717) is 0 Å². The first kappa shape index (κ1) is 10.7. The summed E-state index contributed by atoms with van der Waals surface area (Å²) in [5.41, 5.74) is 3.51. The largest absolute Gasteiger partial charge is 0.496 e. The average Bonchev–Trinajstić information content (AvgIpc) is 2.30. The van der Waals surface area contributed by atoms with E-state index in [1.807, 2.05) is 37.4 Å². The highest BCUT2D eigenvalue weighted by Gasteiger charge is 2.02. The molecule has 0 aliphatic heterocycles. The van der Waals surface area contributed by atoms with Crippen LogP contribution in [-0.4, -0.2) is 12.1 Å². The van der Waals surface area contributed by atoms with Crippen LogP contribution in [-0.2, 0) is 6.42 Å². The van der Waals surface area contributed by atoms with Gasteiger partial charge in [0.15, 0.2) is 0 Å². The monoisotopic (exact) mass is 213 g/mol. The lowest BCUT2D eigenvalue weighted by Gasteiger charge is -2.08. The van der Waals surface area contributed by atoms with Crippen molar-refractivity contribution >= 4 is 0 Å². The van der Waals surface area contributed by atoms with Crippen LogP contribution in [0, 0.1) is 6.92 Å². The maximum absolute atomic E-state index is 5.33. The number of nitrogens with zero attached hydrogens (tertiary/aromatic N) is 1. The van der Waals surface area contributed by atoms with Gasteiger partial charge in [0, 0.05) is 18.3 Å². The third kappa shape index (κ3) is 2.40. The fourth-order valence-corrected chi connectivity index (χ4v) is 1.78. The lowest BCUT2D eigenvalue weighted by molar-refractivity contribution is 0.410. The number of para-hydroxylation sites is 1. The quantitative estimate of drug-likeness (QED) is 0.782. The molecule has 0 bridgehead atoms. The van der Waals surface area contributed by atoms with Gasteiger partial charge in [-0.3, -0.25) is 4.98 Å². The highest BCUT2D eigenvalue weighted by atomic mass is 16.5. The molecule has 0 aliphatic carbocycles. The van der Waals surface area contributed by atoms with Crippen molar-refractivity contribution in [2.75, 3.05) is 7.11 Å². The van der Waals surface area contributed by atoms with E-state index in [9.17, 15) is 0 Å². The van der Waals surface area contributed by atoms with Crippen LogP contribution in [0.15, 0.2) is 42.6 Å². The summed E-state index contributed by atoms with van der Waals surface area (Å²) >= 11 is 0. The topological polar surface area (TPSA) is 22.1 Å². The Morgan fingerprint density at radius 3 is 2.75 bits per heavy atom. The van der Waals surface area contributed by atoms with Crippen molar-refractivity contribution in [1.82, 2.24) is 4.98 Å². The van der Waals surface area contributed by atoms with Crippen molar-refractivity contribution in [2.24, 2.45) is 0 Å². The molecule has 0 N–H and O–H groups in total. The first-order valence-corrected chi connectivity index (χ1v) is 5.33. The van der Waals surface area contributed by atoms with Crippen LogP contribution >= 0.6 is 0 Å². The predicted molar refractivity (Wildman–Crippen MR) is 64.8 cm³/mol. The Hall–Kier alpha value is -1.83. The fourth-order valence-electron chi connectivity index (χ4n) is 1.78. The van der Waals surface area contributed by atoms with Crippen LogP contribution in [0.25, 0.3) is 0 Å². The predicted octanol–water partition coefficient (Wildman–Crippen LogP) is 2.99. The number of methoxy groups -OCH3 is 1. The third-order valence-corrected chi connectivity index (χ3v) is 2.55. The van der Waals surface area contributed by atoms with Gasteiger partial charge in [0.25, 0.3) is 0 Å². The molecule has 2 rings (SSSR count). The number of hydrogen-bond acceptors (Lipinski definition) is 2. The molecule has 0 saturated heterocycles. The molecule has 1 aromatic carbocycles. The van der Waals surface area contributed by atoms with Crippen LogP contribution < -0.4 is 4.74 Å². The van der Waals surface area contributed by atoms with Crippen molar-refractivity contribution in [3.05, 3.63) is 59.4 Å². The maximum atomic E-state index is 5.33. The first-order chi connectivity index (χ1) is 7.79. The van der Waals surface area contributed by atoms with Gasteiger partial charge in [0.05, 0.1) is 7.11 Å². The summed E-state index contributed by atoms with van der Waals surface area (Å²) in [6.07, 6.45) is 2.73. The van der Waals surface area contributed by atoms with Gasteiger partial charge in [0.1, 0.15) is 5.75 Å². The van der Waals surface area contributed by atoms with Gasteiger partial charge >= 0.3 is 0 Å². The zero-order valence-corrected chi connectivity index (χ0v) is 9.60. The fraction of sp³-hybridized carbons (Fsp3) is 0.214. The molecular formula is C14H15NO. The van der Waals surface area contributed by atoms with Crippen molar-refractivity contribution in [3.63, 3.8) is 0 Å². The van der Waals surface area contributed by atoms with E-state index in [2.05, 4.69) is 17.1 Å². The second-order valence-corrected chi connectivity index (χ2v) is 3.79. The van der Waals surface area contributed by atoms with Crippen molar-refractivity contribution in [2.45, 2.75) is 13.3 Å². The Kier molecular flexibility index (Phi) is 3.20. The van der Waals surface area contributed by atoms with Gasteiger partial charge in [-0.05, 0) is 36.2 Å². The van der Waals surface area contributed by atoms with Gasteiger partial charge in [-0.2, -0.15) is 0 Å². The van der Waals surface area contributed by atoms with Gasteiger partial charge in [0.2, 0.25) is 0 Å². The van der Waals surface area contributed by atoms with Crippen LogP contribution in [0.3, 0.4) is 0 Å². The normalized spacial score (nSPS) is 10.1. The van der Waals surface area contributed by atoms with E-state index in [1.165, 1.54) is 11.1 Å². The summed E-state index contributed by atoms with van der Waals surface area (Å²) in [6, 6.07) is 12.2. The van der Waals surface area contributed by atoms with Crippen molar-refractivity contribution in [3.8, 4) is 5.75 Å². The van der Waals surface area contributed by atoms with Gasteiger partial charge < -0.3 is 4.74 Å². The SMILES string of the molecule is COc1ccccc1Cc1ccnc(C)c1. The molecule has 0 fully saturated rings. The molecule has 2 heteroatoms. The lowest BCUT2D eigenvalue weighted by atomic mass is 10.0. The summed E-state index contributed by atoms with van der Waals surface area (Å²) in [5, 5.41) is 0. The zero-order valence-electron chi connectivity index (χ0n) is 9.60. The smallest absolute Gasteiger partial charge is 0.122 e. The minimum absolute atomic E-state index is 0.882. The summed E-state index contributed by atoms with van der Waals surface area (Å²) < 4.78 is 5.33. The first-order valence-electron chi connectivity index (χ1n) is 5.33. The van der Waals surface area contributed by atoms with E-state index >= 15 is 0 Å². The number of aryl methyl sites for hydroxylation is 1. The number of pyridine rings is 1. The van der Waals surface area contributed by atoms with Crippen molar-refractivity contribution in [1.29, 1.82) is 0 Å². The summed E-state index contributed by atoms with van der Waals surface area (Å²) in [5.74, 6) is 0.942. The molecule has 0 spiro atoms. The standard InChI is InChI=1S/C14H15NO/c1-11-9-12(7-8-15-11)10-13-5-3-4-6-14(13)16-2/h3-9H,10H2,1-2H3. The highest BCUT2D eigenvalue weighted by molar-refractivity contribution is 5.37. The summed E-state index contributed by atoms with van der Waals surface area (Å²) in [6.45, 7) is 2.01. The minimum Gasteiger partial charge on any atom is -0.496 e. The Morgan fingerprint density at radius 1 is 1.19 bits per heavy atom. The van der Waals surface area contributed by atoms with Gasteiger partial charge in [-0.25, -0.2) is 0 Å². The second-order valence-electron chi connectivity index (χ2n) is 3.79. The molecule has 82 valence electrons. The molecule has 2 nitrogen and oxygen atoms in total. The molecular weight excluding hydrogens is 198 g/mol. The molecule has 2 aromatic rings. The Morgan fingerprint density at radius 2 is 2.00 bits per heavy atom. The Labute approximate surface area is 95.9 Å². The molecule has 1 aromatic heterocycles. The second kappa shape index (κ2) is 4.79. The molecule has 0 radical (unpaired) electrons. The molecule has 0 aliphatic rings. The zero-order chi connectivity index (χ0) is 11.4. The number of benzene rings is 1. The van der Waals surface area contributed by atoms with Crippen LogP contribution in [0.1, 0.15) is 16.8 Å². The molecule has 0 saturated carbocycles. The van der Waals surface area contributed by atoms with E-state index < -0.39 is 0 Å². The maximum Gasteiger partial charge on any atom is 0.122 e. The third-order valence-electron chi connectivity index (χ3n) is 2.55. The molecule has 1 heterocycles. The molecule has 0 atom stereocenters. The number of hydrogen-bond donors (Lipinski definition) is 0. The van der Waals surface area contributed by atoms with Crippen LogP contribution in [0.4, 0.5) is 0 Å². The summed E-state index contributed by atoms with van der Waals surface area (Å²) in [4.78, 5) is 4.19. The van der Waals surface area contributed by atoms with E-state index in [-0.39, 0.29) is 0 Å². The highest BCUT2D eigenvalue weighted by Crippen LogP contribution is 2.20. The van der Waals surface area contributed by atoms with Crippen LogP contribution in [0.5, 0.6) is 5.75 Å². The van der Waals surface area contributed by atoms with Gasteiger partial charge in [-0.1, -0.05) is 18.2 Å². The minimum atomic E-state index is 0.882. The van der Waals surface area contributed by atoms with Crippen LogP contribution in [0.2, 0.25) is 0 Å². The molecule has 16 heavy (non-hydrogen) atoms. The number of ether oxygens (including phenoxy) is 1. The Bertz CT molecular complexity index is 480. The lowest BCUT2D eigenvalue weighted by Crippen LogP contribution is -1.94. The van der Waals surface area contributed by atoms with Gasteiger partial charge in [-0.15, -0.1) is 0 Å². The van der Waals surface area contributed by atoms with E-state index in [4.69, 9.17) is 4.74 Å². The number of aromatic nitrogens is 1. The van der Waals surface area contributed by atoms with E-state index in [0.717, 1.165) is 17.9 Å². The van der Waals surface area contributed by atoms with Crippen molar-refractivity contribution < 1.29 is 4.74 Å².